The average Bonchev–Trinajstić information content (AvgIpc) is 2.55. The van der Waals surface area contributed by atoms with Crippen LogP contribution in [0.15, 0.2) is 47.2 Å². The van der Waals surface area contributed by atoms with Gasteiger partial charge in [0.2, 0.25) is 0 Å². The lowest BCUT2D eigenvalue weighted by Gasteiger charge is -2.08. The van der Waals surface area contributed by atoms with Crippen molar-refractivity contribution >= 4 is 32.7 Å². The van der Waals surface area contributed by atoms with Gasteiger partial charge in [0.25, 0.3) is 5.91 Å². The van der Waals surface area contributed by atoms with E-state index in [2.05, 4.69) is 31.2 Å². The molecule has 0 aliphatic carbocycles. The van der Waals surface area contributed by atoms with Crippen LogP contribution in [0.4, 0.5) is 4.39 Å². The normalized spacial score (nSPS) is 10.7. The van der Waals surface area contributed by atoms with Crippen LogP contribution in [0.1, 0.15) is 16.1 Å². The van der Waals surface area contributed by atoms with Gasteiger partial charge in [-0.1, -0.05) is 12.1 Å². The van der Waals surface area contributed by atoms with E-state index in [1.54, 1.807) is 24.3 Å². The maximum atomic E-state index is 12.8. The third-order valence-corrected chi connectivity index (χ3v) is 3.70. The molecule has 116 valence electrons. The summed E-state index contributed by atoms with van der Waals surface area (Å²) >= 11 is 3.22. The zero-order valence-electron chi connectivity index (χ0n) is 11.8. The van der Waals surface area contributed by atoms with E-state index in [0.29, 0.717) is 15.5 Å². The van der Waals surface area contributed by atoms with Crippen molar-refractivity contribution in [1.82, 2.24) is 15.3 Å². The lowest BCUT2D eigenvalue weighted by atomic mass is 10.2. The molecule has 7 heteroatoms. The Bertz CT molecular complexity index is 884. The first-order chi connectivity index (χ1) is 11.0. The number of nitrogens with one attached hydrogen (secondary N) is 1. The summed E-state index contributed by atoms with van der Waals surface area (Å²) in [6, 6.07) is 9.23. The average molecular weight is 376 g/mol. The topological polar surface area (TPSA) is 75.1 Å². The molecule has 0 bridgehead atoms. The number of aromatic hydroxyl groups is 1. The molecule has 0 atom stereocenters. The monoisotopic (exact) mass is 375 g/mol. The molecule has 0 radical (unpaired) electrons. The van der Waals surface area contributed by atoms with E-state index in [9.17, 15) is 14.3 Å². The first-order valence-electron chi connectivity index (χ1n) is 6.71. The van der Waals surface area contributed by atoms with Crippen molar-refractivity contribution in [3.05, 3.63) is 64.3 Å². The summed E-state index contributed by atoms with van der Waals surface area (Å²) in [4.78, 5) is 20.3. The highest BCUT2D eigenvalue weighted by molar-refractivity contribution is 9.10. The second-order valence-corrected chi connectivity index (χ2v) is 5.65. The third-order valence-electron chi connectivity index (χ3n) is 3.26. The summed E-state index contributed by atoms with van der Waals surface area (Å²) < 4.78 is 13.4. The molecule has 2 N–H and O–H groups in total. The van der Waals surface area contributed by atoms with Crippen LogP contribution < -0.4 is 5.32 Å². The van der Waals surface area contributed by atoms with Crippen molar-refractivity contribution in [2.75, 3.05) is 0 Å². The maximum absolute atomic E-state index is 12.8. The molecular formula is C16H11BrFN3O2. The van der Waals surface area contributed by atoms with Gasteiger partial charge in [-0.2, -0.15) is 0 Å². The predicted octanol–water partition coefficient (Wildman–Crippen LogP) is 3.17. The second-order valence-electron chi connectivity index (χ2n) is 4.84. The summed E-state index contributed by atoms with van der Waals surface area (Å²) in [5.74, 6) is -1.15. The fourth-order valence-electron chi connectivity index (χ4n) is 2.08. The number of nitrogens with zero attached hydrogens (tertiary/aromatic N) is 2. The van der Waals surface area contributed by atoms with E-state index in [0.717, 1.165) is 5.56 Å². The quantitative estimate of drug-likeness (QED) is 0.689. The standard InChI is InChI=1S/C16H11BrFN3O2/c17-12-6-3-10-8-19-14(15(22)13(10)21-12)16(23)20-7-9-1-4-11(18)5-2-9/h1-6,8,22H,7H2,(H,20,23). The van der Waals surface area contributed by atoms with Gasteiger partial charge in [-0.05, 0) is 45.8 Å². The Labute approximate surface area is 139 Å². The van der Waals surface area contributed by atoms with Crippen LogP contribution in [0.3, 0.4) is 0 Å². The minimum absolute atomic E-state index is 0.106. The molecule has 0 saturated heterocycles. The zero-order valence-corrected chi connectivity index (χ0v) is 13.3. The van der Waals surface area contributed by atoms with Gasteiger partial charge in [0.15, 0.2) is 11.4 Å². The Balaban J connectivity index is 1.83. The van der Waals surface area contributed by atoms with Crippen molar-refractivity contribution in [3.63, 3.8) is 0 Å². The molecule has 0 saturated carbocycles. The molecule has 1 amide bonds. The van der Waals surface area contributed by atoms with E-state index in [1.165, 1.54) is 18.3 Å². The number of hydrogen-bond acceptors (Lipinski definition) is 4. The summed E-state index contributed by atoms with van der Waals surface area (Å²) in [6.07, 6.45) is 1.47. The number of amides is 1. The van der Waals surface area contributed by atoms with E-state index in [4.69, 9.17) is 0 Å². The molecular weight excluding hydrogens is 365 g/mol. The highest BCUT2D eigenvalue weighted by atomic mass is 79.9. The second kappa shape index (κ2) is 6.29. The zero-order chi connectivity index (χ0) is 16.4. The Hall–Kier alpha value is -2.54. The molecule has 1 aromatic carbocycles. The van der Waals surface area contributed by atoms with Crippen LogP contribution in [0.25, 0.3) is 10.9 Å². The fourth-order valence-corrected chi connectivity index (χ4v) is 2.39. The molecule has 2 heterocycles. The summed E-state index contributed by atoms with van der Waals surface area (Å²) in [7, 11) is 0. The first kappa shape index (κ1) is 15.4. The SMILES string of the molecule is O=C(NCc1ccc(F)cc1)c1ncc2ccc(Br)nc2c1O. The van der Waals surface area contributed by atoms with E-state index in [1.807, 2.05) is 0 Å². The molecule has 3 aromatic rings. The summed E-state index contributed by atoms with van der Waals surface area (Å²) in [5.41, 5.74) is 0.924. The molecule has 0 unspecified atom stereocenters. The molecule has 5 nitrogen and oxygen atoms in total. The van der Waals surface area contributed by atoms with Gasteiger partial charge in [-0.15, -0.1) is 0 Å². The number of benzene rings is 1. The Morgan fingerprint density at radius 2 is 1.96 bits per heavy atom. The highest BCUT2D eigenvalue weighted by Crippen LogP contribution is 2.26. The Morgan fingerprint density at radius 1 is 1.22 bits per heavy atom. The van der Waals surface area contributed by atoms with Gasteiger partial charge in [-0.25, -0.2) is 14.4 Å². The first-order valence-corrected chi connectivity index (χ1v) is 7.51. The molecule has 2 aromatic heterocycles. The number of fused-ring (bicyclic) bond motifs is 1. The molecule has 0 aliphatic heterocycles. The number of carbonyl (C=O) groups excluding carboxylic acids is 1. The number of aromatic nitrogens is 2. The van der Waals surface area contributed by atoms with Gasteiger partial charge in [0.05, 0.1) is 0 Å². The molecule has 0 fully saturated rings. The minimum atomic E-state index is -0.532. The van der Waals surface area contributed by atoms with Crippen LogP contribution >= 0.6 is 15.9 Å². The number of hydrogen-bond donors (Lipinski definition) is 2. The van der Waals surface area contributed by atoms with E-state index < -0.39 is 5.91 Å². The molecule has 0 aliphatic rings. The predicted molar refractivity (Wildman–Crippen MR) is 86.5 cm³/mol. The molecule has 23 heavy (non-hydrogen) atoms. The van der Waals surface area contributed by atoms with Crippen LogP contribution in [0.5, 0.6) is 5.75 Å². The number of rotatable bonds is 3. The van der Waals surface area contributed by atoms with E-state index in [-0.39, 0.29) is 23.8 Å². The lowest BCUT2D eigenvalue weighted by molar-refractivity contribution is 0.0943. The maximum Gasteiger partial charge on any atom is 0.274 e. The number of carbonyl (C=O) groups is 1. The van der Waals surface area contributed by atoms with Crippen LogP contribution in [-0.4, -0.2) is 21.0 Å². The fraction of sp³-hybridized carbons (Fsp3) is 0.0625. The minimum Gasteiger partial charge on any atom is -0.504 e. The van der Waals surface area contributed by atoms with Gasteiger partial charge in [-0.3, -0.25) is 4.79 Å². The van der Waals surface area contributed by atoms with Gasteiger partial charge < -0.3 is 10.4 Å². The van der Waals surface area contributed by atoms with Crippen LogP contribution in [-0.2, 0) is 6.54 Å². The highest BCUT2D eigenvalue weighted by Gasteiger charge is 2.16. The summed E-state index contributed by atoms with van der Waals surface area (Å²) in [6.45, 7) is 0.199. The van der Waals surface area contributed by atoms with Gasteiger partial charge in [0.1, 0.15) is 15.9 Å². The van der Waals surface area contributed by atoms with E-state index >= 15 is 0 Å². The van der Waals surface area contributed by atoms with Gasteiger partial charge >= 0.3 is 0 Å². The van der Waals surface area contributed by atoms with Crippen LogP contribution in [0.2, 0.25) is 0 Å². The Kier molecular flexibility index (Phi) is 4.20. The van der Waals surface area contributed by atoms with Crippen molar-refractivity contribution in [2.45, 2.75) is 6.54 Å². The Morgan fingerprint density at radius 3 is 2.70 bits per heavy atom. The molecule has 3 rings (SSSR count). The third kappa shape index (κ3) is 3.29. The lowest BCUT2D eigenvalue weighted by Crippen LogP contribution is -2.24. The van der Waals surface area contributed by atoms with Crippen LogP contribution in [0, 0.1) is 5.82 Å². The van der Waals surface area contributed by atoms with Gasteiger partial charge in [0, 0.05) is 18.1 Å². The van der Waals surface area contributed by atoms with Crippen molar-refractivity contribution in [2.24, 2.45) is 0 Å². The van der Waals surface area contributed by atoms with Crippen molar-refractivity contribution < 1.29 is 14.3 Å². The summed E-state index contributed by atoms with van der Waals surface area (Å²) in [5, 5.41) is 13.5. The van der Waals surface area contributed by atoms with Crippen molar-refractivity contribution in [3.8, 4) is 5.75 Å². The number of pyridine rings is 2. The van der Waals surface area contributed by atoms with Crippen molar-refractivity contribution in [1.29, 1.82) is 0 Å². The smallest absolute Gasteiger partial charge is 0.274 e. The molecule has 0 spiro atoms. The largest absolute Gasteiger partial charge is 0.504 e. The number of halogens is 2.